The average Bonchev–Trinajstić information content (AvgIpc) is 2.96. The van der Waals surface area contributed by atoms with E-state index in [9.17, 15) is 10.2 Å². The second kappa shape index (κ2) is 5.45. The molecule has 6 N–H and O–H groups in total. The summed E-state index contributed by atoms with van der Waals surface area (Å²) in [6.45, 7) is -0.404. The lowest BCUT2D eigenvalue weighted by Gasteiger charge is -2.14. The molecule has 1 saturated heterocycles. The maximum absolute atomic E-state index is 9.77. The van der Waals surface area contributed by atoms with Gasteiger partial charge in [0.1, 0.15) is 30.8 Å². The van der Waals surface area contributed by atoms with E-state index < -0.39 is 37.3 Å². The summed E-state index contributed by atoms with van der Waals surface area (Å²) in [5.41, 5.74) is 5.55. The van der Waals surface area contributed by atoms with Crippen LogP contribution < -0.4 is 10.6 Å². The van der Waals surface area contributed by atoms with Crippen molar-refractivity contribution < 1.29 is 20.1 Å². The quantitative estimate of drug-likeness (QED) is 0.303. The largest absolute Gasteiger partial charge is 0.394 e. The Morgan fingerprint density at radius 1 is 1.56 bits per heavy atom. The highest BCUT2D eigenvalue weighted by atomic mass is 35.5. The highest BCUT2D eigenvalue weighted by Crippen LogP contribution is 2.28. The molecule has 2 heterocycles. The zero-order valence-electron chi connectivity index (χ0n) is 9.22. The molecule has 0 bridgehead atoms. The van der Waals surface area contributed by atoms with E-state index in [-0.39, 0.29) is 5.82 Å². The van der Waals surface area contributed by atoms with Crippen molar-refractivity contribution in [3.05, 3.63) is 12.2 Å². The van der Waals surface area contributed by atoms with Crippen LogP contribution >= 0.6 is 11.8 Å². The Labute approximate surface area is 107 Å². The van der Waals surface area contributed by atoms with Gasteiger partial charge in [-0.2, -0.15) is 5.10 Å². The first-order chi connectivity index (χ1) is 8.58. The van der Waals surface area contributed by atoms with Crippen LogP contribution in [0.5, 0.6) is 0 Å². The summed E-state index contributed by atoms with van der Waals surface area (Å²) in [6, 6.07) is 0. The smallest absolute Gasteiger partial charge is 0.183 e. The number of aliphatic hydroxyl groups excluding tert-OH is 3. The molecule has 10 heteroatoms. The molecule has 1 aromatic rings. The van der Waals surface area contributed by atoms with Gasteiger partial charge in [-0.3, -0.25) is 0 Å². The highest BCUT2D eigenvalue weighted by Gasteiger charge is 2.43. The molecule has 1 aliphatic heterocycles. The molecule has 1 aliphatic rings. The van der Waals surface area contributed by atoms with E-state index in [4.69, 9.17) is 27.4 Å². The Kier molecular flexibility index (Phi) is 4.12. The van der Waals surface area contributed by atoms with Gasteiger partial charge in [-0.25, -0.2) is 14.5 Å². The van der Waals surface area contributed by atoms with Crippen LogP contribution in [0.4, 0.5) is 0 Å². The summed E-state index contributed by atoms with van der Waals surface area (Å²) in [5, 5.41) is 32.3. The van der Waals surface area contributed by atoms with Gasteiger partial charge < -0.3 is 25.8 Å². The molecular weight excluding hydrogens is 266 g/mol. The fourth-order valence-electron chi connectivity index (χ4n) is 1.70. The maximum atomic E-state index is 9.77. The third kappa shape index (κ3) is 2.34. The normalized spacial score (nSPS) is 33.8. The van der Waals surface area contributed by atoms with Crippen molar-refractivity contribution >= 4 is 11.8 Å². The van der Waals surface area contributed by atoms with E-state index in [1.807, 2.05) is 0 Å². The van der Waals surface area contributed by atoms with E-state index in [0.717, 1.165) is 0 Å². The third-order valence-corrected chi connectivity index (χ3v) is 2.93. The number of halogens is 1. The molecule has 0 aliphatic carbocycles. The van der Waals surface area contributed by atoms with Crippen LogP contribution in [0, 0.1) is 0 Å². The van der Waals surface area contributed by atoms with Crippen LogP contribution in [-0.4, -0.2) is 55.0 Å². The van der Waals surface area contributed by atoms with Crippen LogP contribution in [-0.2, 0) is 4.74 Å². The van der Waals surface area contributed by atoms with E-state index >= 15 is 0 Å². The molecule has 0 aromatic carbocycles. The Morgan fingerprint density at radius 2 is 2.28 bits per heavy atom. The molecule has 1 fully saturated rings. The topological polar surface area (TPSA) is 139 Å². The standard InChI is InChI=1S/C8H14ClN5O4/c9-12-6(10)7-11-2-14(13-7)8-5(17)4(16)3(1-15)18-8/h2-6,8,12,15-17H,1,10H2/t3-,4?,5?,6?,8-/m1/s1. The van der Waals surface area contributed by atoms with Crippen LogP contribution in [0.1, 0.15) is 18.2 Å². The van der Waals surface area contributed by atoms with Crippen molar-refractivity contribution in [3.63, 3.8) is 0 Å². The summed E-state index contributed by atoms with van der Waals surface area (Å²) in [7, 11) is 0. The molecule has 0 spiro atoms. The molecule has 0 saturated carbocycles. The van der Waals surface area contributed by atoms with E-state index in [0.29, 0.717) is 0 Å². The number of aliphatic hydroxyl groups is 3. The fraction of sp³-hybridized carbons (Fsp3) is 0.750. The van der Waals surface area contributed by atoms with Crippen molar-refractivity contribution in [2.24, 2.45) is 5.73 Å². The summed E-state index contributed by atoms with van der Waals surface area (Å²) in [6.07, 6.45) is -3.66. The molecule has 102 valence electrons. The molecule has 5 atom stereocenters. The number of hydrogen-bond donors (Lipinski definition) is 5. The van der Waals surface area contributed by atoms with Gasteiger partial charge in [0, 0.05) is 0 Å². The van der Waals surface area contributed by atoms with Crippen LogP contribution in [0.2, 0.25) is 0 Å². The number of ether oxygens (including phenoxy) is 1. The van der Waals surface area contributed by atoms with Crippen molar-refractivity contribution in [1.82, 2.24) is 19.6 Å². The molecule has 18 heavy (non-hydrogen) atoms. The molecular formula is C8H14ClN5O4. The van der Waals surface area contributed by atoms with Gasteiger partial charge in [0.2, 0.25) is 0 Å². The van der Waals surface area contributed by atoms with Gasteiger partial charge in [-0.1, -0.05) is 0 Å². The predicted molar refractivity (Wildman–Crippen MR) is 58.9 cm³/mol. The van der Waals surface area contributed by atoms with E-state index in [1.54, 1.807) is 0 Å². The minimum atomic E-state index is -1.21. The van der Waals surface area contributed by atoms with E-state index in [1.165, 1.54) is 11.0 Å². The monoisotopic (exact) mass is 279 g/mol. The number of nitrogens with one attached hydrogen (secondary N) is 1. The lowest BCUT2D eigenvalue weighted by molar-refractivity contribution is -0.0589. The van der Waals surface area contributed by atoms with Gasteiger partial charge in [-0.05, 0) is 11.8 Å². The van der Waals surface area contributed by atoms with Crippen LogP contribution in [0.25, 0.3) is 0 Å². The van der Waals surface area contributed by atoms with Gasteiger partial charge in [0.05, 0.1) is 6.61 Å². The Hall–Kier alpha value is -0.810. The second-order valence-corrected chi connectivity index (χ2v) is 4.12. The summed E-state index contributed by atoms with van der Waals surface area (Å²) in [4.78, 5) is 6.13. The Balaban J connectivity index is 2.15. The van der Waals surface area contributed by atoms with Gasteiger partial charge in [0.25, 0.3) is 0 Å². The molecule has 2 rings (SSSR count). The number of aromatic nitrogens is 3. The fourth-order valence-corrected chi connectivity index (χ4v) is 1.80. The molecule has 1 aromatic heterocycles. The first-order valence-electron chi connectivity index (χ1n) is 5.23. The molecule has 0 radical (unpaired) electrons. The lowest BCUT2D eigenvalue weighted by Crippen LogP contribution is -2.33. The SMILES string of the molecule is NC(NCl)c1ncn([C@@H]2O[C@H](CO)C(O)C2O)n1. The Morgan fingerprint density at radius 3 is 2.83 bits per heavy atom. The van der Waals surface area contributed by atoms with Gasteiger partial charge >= 0.3 is 0 Å². The number of nitrogens with zero attached hydrogens (tertiary/aromatic N) is 3. The lowest BCUT2D eigenvalue weighted by atomic mass is 10.1. The molecule has 3 unspecified atom stereocenters. The molecule has 0 amide bonds. The third-order valence-electron chi connectivity index (χ3n) is 2.70. The number of nitrogens with two attached hydrogens (primary N) is 1. The van der Waals surface area contributed by atoms with Crippen LogP contribution in [0.15, 0.2) is 6.33 Å². The minimum Gasteiger partial charge on any atom is -0.394 e. The van der Waals surface area contributed by atoms with Crippen molar-refractivity contribution in [2.75, 3.05) is 6.61 Å². The first-order valence-corrected chi connectivity index (χ1v) is 5.61. The summed E-state index contributed by atoms with van der Waals surface area (Å²) >= 11 is 5.33. The van der Waals surface area contributed by atoms with Crippen molar-refractivity contribution in [3.8, 4) is 0 Å². The van der Waals surface area contributed by atoms with Gasteiger partial charge in [0.15, 0.2) is 12.1 Å². The first kappa shape index (κ1) is 13.6. The van der Waals surface area contributed by atoms with Gasteiger partial charge in [-0.15, -0.1) is 0 Å². The number of rotatable bonds is 4. The average molecular weight is 280 g/mol. The van der Waals surface area contributed by atoms with Crippen LogP contribution in [0.3, 0.4) is 0 Å². The minimum absolute atomic E-state index is 0.211. The predicted octanol–water partition coefficient (Wildman–Crippen LogP) is -2.41. The van der Waals surface area contributed by atoms with E-state index in [2.05, 4.69) is 14.9 Å². The van der Waals surface area contributed by atoms with Crippen molar-refractivity contribution in [1.29, 1.82) is 0 Å². The second-order valence-electron chi connectivity index (χ2n) is 3.90. The molecule has 9 nitrogen and oxygen atoms in total. The summed E-state index contributed by atoms with van der Waals surface area (Å²) in [5.74, 6) is 0.211. The summed E-state index contributed by atoms with van der Waals surface area (Å²) < 4.78 is 6.48. The Bertz CT molecular complexity index is 405. The van der Waals surface area contributed by atoms with Crippen molar-refractivity contribution in [2.45, 2.75) is 30.7 Å². The maximum Gasteiger partial charge on any atom is 0.183 e. The zero-order chi connectivity index (χ0) is 13.3. The number of hydrogen-bond acceptors (Lipinski definition) is 8. The highest BCUT2D eigenvalue weighted by molar-refractivity contribution is 6.13. The zero-order valence-corrected chi connectivity index (χ0v) is 9.97.